The first kappa shape index (κ1) is 20.7. The monoisotopic (exact) mass is 413 g/mol. The molecule has 0 radical (unpaired) electrons. The molecule has 1 fully saturated rings. The molecule has 0 unspecified atom stereocenters. The molecule has 30 heavy (non-hydrogen) atoms. The lowest BCUT2D eigenvalue weighted by Crippen LogP contribution is -2.48. The third-order valence-corrected chi connectivity index (χ3v) is 5.67. The summed E-state index contributed by atoms with van der Waals surface area (Å²) in [5.74, 6) is 3.38. The van der Waals surface area contributed by atoms with Gasteiger partial charge in [-0.3, -0.25) is 9.69 Å². The van der Waals surface area contributed by atoms with Crippen LogP contribution in [0.1, 0.15) is 50.1 Å². The lowest BCUT2D eigenvalue weighted by atomic mass is 9.97. The topological polar surface area (TPSA) is 68.0 Å². The molecule has 0 spiro atoms. The van der Waals surface area contributed by atoms with Gasteiger partial charge in [-0.15, -0.1) is 0 Å². The van der Waals surface area contributed by atoms with E-state index in [1.54, 1.807) is 0 Å². The van der Waals surface area contributed by atoms with Crippen LogP contribution in [0.5, 0.6) is 11.5 Å². The second-order valence-corrected chi connectivity index (χ2v) is 9.12. The number of fused-ring (bicyclic) bond motifs is 1. The van der Waals surface area contributed by atoms with Crippen LogP contribution in [0.3, 0.4) is 0 Å². The molecule has 2 aliphatic rings. The Morgan fingerprint density at radius 1 is 1.10 bits per heavy atom. The summed E-state index contributed by atoms with van der Waals surface area (Å²) in [5.41, 5.74) is 1.97. The molecule has 1 aromatic heterocycles. The van der Waals surface area contributed by atoms with Gasteiger partial charge >= 0.3 is 0 Å². The molecular formula is C23H31N3O4. The number of nitrogens with zero attached hydrogens (tertiary/aromatic N) is 3. The highest BCUT2D eigenvalue weighted by atomic mass is 16.7. The number of amides is 1. The van der Waals surface area contributed by atoms with Crippen LogP contribution in [0.2, 0.25) is 0 Å². The molecule has 1 amide bonds. The van der Waals surface area contributed by atoms with E-state index < -0.39 is 0 Å². The average molecular weight is 414 g/mol. The predicted octanol–water partition coefficient (Wildman–Crippen LogP) is 3.29. The molecule has 1 saturated heterocycles. The number of aromatic nitrogens is 1. The largest absolute Gasteiger partial charge is 0.454 e. The van der Waals surface area contributed by atoms with Crippen LogP contribution in [0.25, 0.3) is 0 Å². The quantitative estimate of drug-likeness (QED) is 0.749. The van der Waals surface area contributed by atoms with Crippen LogP contribution in [-0.2, 0) is 23.2 Å². The molecule has 7 nitrogen and oxygen atoms in total. The Bertz CT molecular complexity index is 908. The summed E-state index contributed by atoms with van der Waals surface area (Å²) in [4.78, 5) is 21.6. The first-order chi connectivity index (χ1) is 14.3. The Kier molecular flexibility index (Phi) is 5.73. The normalized spacial score (nSPS) is 16.9. The second kappa shape index (κ2) is 8.30. The molecule has 0 bridgehead atoms. The van der Waals surface area contributed by atoms with Crippen molar-refractivity contribution in [3.8, 4) is 11.5 Å². The highest BCUT2D eigenvalue weighted by molar-refractivity contribution is 5.76. The van der Waals surface area contributed by atoms with Crippen molar-refractivity contribution in [3.05, 3.63) is 41.1 Å². The van der Waals surface area contributed by atoms with Gasteiger partial charge < -0.3 is 18.8 Å². The minimum atomic E-state index is -0.124. The zero-order valence-corrected chi connectivity index (χ0v) is 18.4. The van der Waals surface area contributed by atoms with E-state index in [0.29, 0.717) is 19.6 Å². The number of carbonyl (C=O) groups excluding carboxylic acids is 1. The molecule has 7 heteroatoms. The number of aryl methyl sites for hydroxylation is 2. The van der Waals surface area contributed by atoms with Crippen molar-refractivity contribution in [2.45, 2.75) is 52.5 Å². The molecule has 1 aromatic carbocycles. The van der Waals surface area contributed by atoms with Crippen LogP contribution >= 0.6 is 0 Å². The molecule has 0 aliphatic carbocycles. The number of hydrogen-bond acceptors (Lipinski definition) is 6. The summed E-state index contributed by atoms with van der Waals surface area (Å²) in [6.07, 6.45) is 1.06. The fourth-order valence-electron chi connectivity index (χ4n) is 3.81. The van der Waals surface area contributed by atoms with E-state index in [1.165, 1.54) is 5.56 Å². The first-order valence-electron chi connectivity index (χ1n) is 10.6. The van der Waals surface area contributed by atoms with Gasteiger partial charge in [0.15, 0.2) is 17.4 Å². The van der Waals surface area contributed by atoms with E-state index in [0.717, 1.165) is 61.6 Å². The maximum Gasteiger partial charge on any atom is 0.231 e. The van der Waals surface area contributed by atoms with Crippen molar-refractivity contribution in [1.29, 1.82) is 0 Å². The predicted molar refractivity (Wildman–Crippen MR) is 113 cm³/mol. The first-order valence-corrected chi connectivity index (χ1v) is 10.6. The van der Waals surface area contributed by atoms with Crippen molar-refractivity contribution in [1.82, 2.24) is 14.8 Å². The minimum absolute atomic E-state index is 0.124. The molecule has 2 aliphatic heterocycles. The van der Waals surface area contributed by atoms with E-state index in [4.69, 9.17) is 13.9 Å². The van der Waals surface area contributed by atoms with Crippen molar-refractivity contribution >= 4 is 5.91 Å². The molecule has 0 atom stereocenters. The van der Waals surface area contributed by atoms with Crippen molar-refractivity contribution in [2.24, 2.45) is 0 Å². The Balaban J connectivity index is 1.25. The number of ether oxygens (including phenoxy) is 2. The van der Waals surface area contributed by atoms with E-state index in [2.05, 4.69) is 36.7 Å². The highest BCUT2D eigenvalue weighted by Crippen LogP contribution is 2.33. The smallest absolute Gasteiger partial charge is 0.231 e. The summed E-state index contributed by atoms with van der Waals surface area (Å²) >= 11 is 0. The third kappa shape index (κ3) is 4.61. The number of benzene rings is 1. The number of piperazine rings is 1. The van der Waals surface area contributed by atoms with Crippen LogP contribution < -0.4 is 9.47 Å². The minimum Gasteiger partial charge on any atom is -0.454 e. The van der Waals surface area contributed by atoms with Crippen LogP contribution in [0.4, 0.5) is 0 Å². The van der Waals surface area contributed by atoms with Gasteiger partial charge in [0.25, 0.3) is 0 Å². The zero-order valence-electron chi connectivity index (χ0n) is 18.4. The fourth-order valence-corrected chi connectivity index (χ4v) is 3.81. The van der Waals surface area contributed by atoms with Gasteiger partial charge in [0.2, 0.25) is 12.7 Å². The summed E-state index contributed by atoms with van der Waals surface area (Å²) < 4.78 is 16.8. The molecule has 3 heterocycles. The number of carbonyl (C=O) groups is 1. The third-order valence-electron chi connectivity index (χ3n) is 5.67. The summed E-state index contributed by atoms with van der Waals surface area (Å²) in [6, 6.07) is 6.09. The Labute approximate surface area is 178 Å². The lowest BCUT2D eigenvalue weighted by Gasteiger charge is -2.34. The summed E-state index contributed by atoms with van der Waals surface area (Å²) in [6.45, 7) is 12.6. The SMILES string of the molecule is Cc1nc(C(C)(C)C)oc1CCC(=O)N1CCN(Cc2ccc3c(c2)OCO3)CC1. The van der Waals surface area contributed by atoms with Crippen LogP contribution in [0.15, 0.2) is 22.6 Å². The molecule has 162 valence electrons. The molecule has 0 N–H and O–H groups in total. The average Bonchev–Trinajstić information content (AvgIpc) is 3.32. The molecule has 0 saturated carbocycles. The Hall–Kier alpha value is -2.54. The molecular weight excluding hydrogens is 382 g/mol. The van der Waals surface area contributed by atoms with Gasteiger partial charge in [-0.1, -0.05) is 26.8 Å². The highest BCUT2D eigenvalue weighted by Gasteiger charge is 2.25. The Morgan fingerprint density at radius 2 is 1.83 bits per heavy atom. The number of hydrogen-bond donors (Lipinski definition) is 0. The van der Waals surface area contributed by atoms with Gasteiger partial charge in [-0.05, 0) is 24.6 Å². The fraction of sp³-hybridized carbons (Fsp3) is 0.565. The van der Waals surface area contributed by atoms with Crippen LogP contribution in [-0.4, -0.2) is 53.7 Å². The number of rotatable bonds is 5. The summed E-state index contributed by atoms with van der Waals surface area (Å²) in [5, 5.41) is 0. The van der Waals surface area contributed by atoms with Crippen LogP contribution in [0, 0.1) is 6.92 Å². The summed E-state index contributed by atoms with van der Waals surface area (Å²) in [7, 11) is 0. The molecule has 4 rings (SSSR count). The van der Waals surface area contributed by atoms with Gasteiger partial charge in [0.05, 0.1) is 5.69 Å². The zero-order chi connectivity index (χ0) is 21.3. The van der Waals surface area contributed by atoms with E-state index >= 15 is 0 Å². The standard InChI is InChI=1S/C23H31N3O4/c1-16-18(30-22(24-16)23(2,3)4)7-8-21(27)26-11-9-25(10-12-26)14-17-5-6-19-20(13-17)29-15-28-19/h5-6,13H,7-12,14-15H2,1-4H3. The van der Waals surface area contributed by atoms with Crippen molar-refractivity contribution in [3.63, 3.8) is 0 Å². The van der Waals surface area contributed by atoms with Crippen molar-refractivity contribution < 1.29 is 18.7 Å². The van der Waals surface area contributed by atoms with Gasteiger partial charge in [-0.25, -0.2) is 4.98 Å². The second-order valence-electron chi connectivity index (χ2n) is 9.12. The van der Waals surface area contributed by atoms with E-state index in [-0.39, 0.29) is 11.3 Å². The Morgan fingerprint density at radius 3 is 2.53 bits per heavy atom. The van der Waals surface area contributed by atoms with Gasteiger partial charge in [0.1, 0.15) is 5.76 Å². The van der Waals surface area contributed by atoms with Gasteiger partial charge in [-0.2, -0.15) is 0 Å². The number of oxazole rings is 1. The van der Waals surface area contributed by atoms with Gasteiger partial charge in [0, 0.05) is 51.0 Å². The molecule has 2 aromatic rings. The van der Waals surface area contributed by atoms with E-state index in [9.17, 15) is 4.79 Å². The maximum absolute atomic E-state index is 12.7. The maximum atomic E-state index is 12.7. The lowest BCUT2D eigenvalue weighted by molar-refractivity contribution is -0.133. The van der Waals surface area contributed by atoms with Crippen molar-refractivity contribution in [2.75, 3.05) is 33.0 Å². The van der Waals surface area contributed by atoms with E-state index in [1.807, 2.05) is 24.0 Å².